The van der Waals surface area contributed by atoms with Gasteiger partial charge < -0.3 is 5.32 Å². The lowest BCUT2D eigenvalue weighted by atomic mass is 10.0. The summed E-state index contributed by atoms with van der Waals surface area (Å²) < 4.78 is 38.1. The summed E-state index contributed by atoms with van der Waals surface area (Å²) in [6, 6.07) is 11.2. The molecule has 1 N–H and O–H groups in total. The summed E-state index contributed by atoms with van der Waals surface area (Å²) in [5.41, 5.74) is 1.78. The summed E-state index contributed by atoms with van der Waals surface area (Å²) in [5.74, 6) is 0. The minimum absolute atomic E-state index is 0.0350. The molecular weight excluding hydrogens is 287 g/mol. The van der Waals surface area contributed by atoms with E-state index >= 15 is 0 Å². The van der Waals surface area contributed by atoms with Crippen molar-refractivity contribution in [2.24, 2.45) is 0 Å². The molecule has 0 radical (unpaired) electrons. The maximum atomic E-state index is 12.7. The van der Waals surface area contributed by atoms with Crippen molar-refractivity contribution in [2.75, 3.05) is 5.32 Å². The van der Waals surface area contributed by atoms with Gasteiger partial charge in [-0.3, -0.25) is 0 Å². The molecule has 0 aromatic heterocycles. The molecule has 1 atom stereocenters. The number of anilines is 1. The van der Waals surface area contributed by atoms with E-state index in [0.29, 0.717) is 17.1 Å². The number of benzene rings is 2. The number of fused-ring (bicyclic) bond motifs is 1. The van der Waals surface area contributed by atoms with E-state index in [1.54, 1.807) is 6.07 Å². The summed E-state index contributed by atoms with van der Waals surface area (Å²) in [7, 11) is 0. The molecule has 1 nitrogen and oxygen atoms in total. The fourth-order valence-electron chi connectivity index (χ4n) is 2.45. The van der Waals surface area contributed by atoms with Gasteiger partial charge in [0.15, 0.2) is 0 Å². The first-order valence-corrected chi connectivity index (χ1v) is 6.53. The minimum Gasteiger partial charge on any atom is -0.378 e. The van der Waals surface area contributed by atoms with Gasteiger partial charge in [0.25, 0.3) is 0 Å². The van der Waals surface area contributed by atoms with Gasteiger partial charge in [0.05, 0.1) is 11.6 Å². The smallest absolute Gasteiger partial charge is 0.378 e. The highest BCUT2D eigenvalue weighted by molar-refractivity contribution is 6.30. The van der Waals surface area contributed by atoms with Gasteiger partial charge in [-0.1, -0.05) is 29.8 Å². The van der Waals surface area contributed by atoms with Crippen molar-refractivity contribution in [3.63, 3.8) is 0 Å². The molecule has 3 rings (SSSR count). The molecule has 1 aliphatic rings. The molecule has 0 fully saturated rings. The summed E-state index contributed by atoms with van der Waals surface area (Å²) in [6.45, 7) is 0. The fourth-order valence-corrected chi connectivity index (χ4v) is 2.65. The van der Waals surface area contributed by atoms with E-state index in [0.717, 1.165) is 17.2 Å². The molecule has 0 amide bonds. The predicted molar refractivity (Wildman–Crippen MR) is 73.0 cm³/mol. The van der Waals surface area contributed by atoms with Crippen molar-refractivity contribution >= 4 is 17.3 Å². The van der Waals surface area contributed by atoms with Gasteiger partial charge in [-0.05, 0) is 41.8 Å². The lowest BCUT2D eigenvalue weighted by Gasteiger charge is -2.12. The highest BCUT2D eigenvalue weighted by Crippen LogP contribution is 2.38. The van der Waals surface area contributed by atoms with Crippen molar-refractivity contribution in [1.29, 1.82) is 0 Å². The summed E-state index contributed by atoms with van der Waals surface area (Å²) >= 11 is 5.94. The lowest BCUT2D eigenvalue weighted by Crippen LogP contribution is -2.06. The molecule has 0 bridgehead atoms. The summed E-state index contributed by atoms with van der Waals surface area (Å²) in [5, 5.41) is 3.75. The van der Waals surface area contributed by atoms with Crippen LogP contribution in [0, 0.1) is 0 Å². The van der Waals surface area contributed by atoms with Crippen LogP contribution in [0.1, 0.15) is 22.7 Å². The topological polar surface area (TPSA) is 12.0 Å². The Morgan fingerprint density at radius 1 is 1.10 bits per heavy atom. The summed E-state index contributed by atoms with van der Waals surface area (Å²) in [4.78, 5) is 0. The largest absolute Gasteiger partial charge is 0.416 e. The van der Waals surface area contributed by atoms with Crippen LogP contribution in [0.3, 0.4) is 0 Å². The Morgan fingerprint density at radius 2 is 1.90 bits per heavy atom. The molecule has 0 saturated heterocycles. The minimum atomic E-state index is -4.31. The van der Waals surface area contributed by atoms with Gasteiger partial charge in [0.1, 0.15) is 0 Å². The highest BCUT2D eigenvalue weighted by atomic mass is 35.5. The van der Waals surface area contributed by atoms with Gasteiger partial charge in [-0.25, -0.2) is 0 Å². The molecule has 0 aliphatic carbocycles. The van der Waals surface area contributed by atoms with Crippen molar-refractivity contribution in [3.8, 4) is 0 Å². The first kappa shape index (κ1) is 13.3. The van der Waals surface area contributed by atoms with E-state index in [2.05, 4.69) is 5.32 Å². The number of alkyl halides is 3. The van der Waals surface area contributed by atoms with Crippen molar-refractivity contribution < 1.29 is 13.2 Å². The Bertz CT molecular complexity index is 652. The Labute approximate surface area is 119 Å². The maximum absolute atomic E-state index is 12.7. The van der Waals surface area contributed by atoms with Crippen LogP contribution in [0.15, 0.2) is 42.5 Å². The molecule has 2 aromatic carbocycles. The first-order chi connectivity index (χ1) is 9.43. The normalized spacial score (nSPS) is 17.7. The maximum Gasteiger partial charge on any atom is 0.416 e. The molecule has 0 saturated carbocycles. The third kappa shape index (κ3) is 2.48. The highest BCUT2D eigenvalue weighted by Gasteiger charge is 2.32. The standard InChI is InChI=1S/C15H11ClF3N/c16-12-3-1-2-9(6-12)13-7-10-4-5-11(15(17,18)19)8-14(10)20-13/h1-6,8,13,20H,7H2. The second-order valence-electron chi connectivity index (χ2n) is 4.83. The third-order valence-electron chi connectivity index (χ3n) is 3.44. The van der Waals surface area contributed by atoms with E-state index in [-0.39, 0.29) is 6.04 Å². The van der Waals surface area contributed by atoms with Crippen molar-refractivity contribution in [1.82, 2.24) is 0 Å². The van der Waals surface area contributed by atoms with E-state index < -0.39 is 11.7 Å². The average Bonchev–Trinajstić information content (AvgIpc) is 2.80. The molecule has 0 spiro atoms. The van der Waals surface area contributed by atoms with Gasteiger partial charge in [-0.2, -0.15) is 13.2 Å². The molecule has 104 valence electrons. The first-order valence-electron chi connectivity index (χ1n) is 6.15. The Hall–Kier alpha value is -1.68. The zero-order chi connectivity index (χ0) is 14.3. The fraction of sp³-hybridized carbons (Fsp3) is 0.200. The van der Waals surface area contributed by atoms with E-state index in [1.807, 2.05) is 18.2 Å². The van der Waals surface area contributed by atoms with Gasteiger partial charge >= 0.3 is 6.18 Å². The quantitative estimate of drug-likeness (QED) is 0.775. The van der Waals surface area contributed by atoms with Crippen LogP contribution in [-0.4, -0.2) is 0 Å². The molecule has 5 heteroatoms. The number of nitrogens with one attached hydrogen (secondary N) is 1. The third-order valence-corrected chi connectivity index (χ3v) is 3.68. The van der Waals surface area contributed by atoms with E-state index in [9.17, 15) is 13.2 Å². The van der Waals surface area contributed by atoms with Gasteiger partial charge in [0, 0.05) is 10.7 Å². The van der Waals surface area contributed by atoms with Crippen LogP contribution in [0.4, 0.5) is 18.9 Å². The number of halogens is 4. The van der Waals surface area contributed by atoms with Crippen LogP contribution < -0.4 is 5.32 Å². The Kier molecular flexibility index (Phi) is 3.13. The molecule has 1 aliphatic heterocycles. The van der Waals surface area contributed by atoms with E-state index in [4.69, 9.17) is 11.6 Å². The van der Waals surface area contributed by atoms with Crippen LogP contribution >= 0.6 is 11.6 Å². The van der Waals surface area contributed by atoms with E-state index in [1.165, 1.54) is 12.1 Å². The molecule has 2 aromatic rings. The zero-order valence-electron chi connectivity index (χ0n) is 10.3. The molecule has 20 heavy (non-hydrogen) atoms. The Balaban J connectivity index is 1.89. The molecular formula is C15H11ClF3N. The second kappa shape index (κ2) is 4.70. The van der Waals surface area contributed by atoms with Crippen LogP contribution in [0.2, 0.25) is 5.02 Å². The Morgan fingerprint density at radius 3 is 2.60 bits per heavy atom. The van der Waals surface area contributed by atoms with Crippen LogP contribution in [-0.2, 0) is 12.6 Å². The monoisotopic (exact) mass is 297 g/mol. The molecule has 1 heterocycles. The second-order valence-corrected chi connectivity index (χ2v) is 5.26. The number of hydrogen-bond acceptors (Lipinski definition) is 1. The van der Waals surface area contributed by atoms with Gasteiger partial charge in [-0.15, -0.1) is 0 Å². The van der Waals surface area contributed by atoms with Crippen LogP contribution in [0.25, 0.3) is 0 Å². The van der Waals surface area contributed by atoms with Gasteiger partial charge in [0.2, 0.25) is 0 Å². The summed E-state index contributed by atoms with van der Waals surface area (Å²) in [6.07, 6.45) is -3.65. The van der Waals surface area contributed by atoms with Crippen LogP contribution in [0.5, 0.6) is 0 Å². The lowest BCUT2D eigenvalue weighted by molar-refractivity contribution is -0.137. The number of rotatable bonds is 1. The zero-order valence-corrected chi connectivity index (χ0v) is 11.1. The predicted octanol–water partition coefficient (Wildman–Crippen LogP) is 5.07. The average molecular weight is 298 g/mol. The molecule has 1 unspecified atom stereocenters. The number of hydrogen-bond donors (Lipinski definition) is 1. The van der Waals surface area contributed by atoms with Crippen molar-refractivity contribution in [2.45, 2.75) is 18.6 Å². The SMILES string of the molecule is FC(F)(F)c1ccc2c(c1)NC(c1cccc(Cl)c1)C2. The van der Waals surface area contributed by atoms with Crippen molar-refractivity contribution in [3.05, 3.63) is 64.2 Å².